The fourth-order valence-electron chi connectivity index (χ4n) is 3.30. The van der Waals surface area contributed by atoms with E-state index in [1.807, 2.05) is 6.92 Å². The van der Waals surface area contributed by atoms with Gasteiger partial charge in [-0.15, -0.1) is 0 Å². The summed E-state index contributed by atoms with van der Waals surface area (Å²) < 4.78 is 10.9. The van der Waals surface area contributed by atoms with Crippen LogP contribution in [0.15, 0.2) is 42.5 Å². The number of nitrogens with zero attached hydrogens (tertiary/aromatic N) is 1. The number of nitrogens with one attached hydrogen (secondary N) is 1. The van der Waals surface area contributed by atoms with Gasteiger partial charge < -0.3 is 29.9 Å². The van der Waals surface area contributed by atoms with Crippen molar-refractivity contribution < 1.29 is 29.3 Å². The van der Waals surface area contributed by atoms with Gasteiger partial charge in [0.2, 0.25) is 0 Å². The lowest BCUT2D eigenvalue weighted by atomic mass is 10.0. The molecule has 1 aliphatic heterocycles. The SMILES string of the molecule is CCOc1ccc(OCC(=O)N2CCC(NC(=O)c3cc(O)cc(O)c3)CC2)cc1. The van der Waals surface area contributed by atoms with E-state index in [0.717, 1.165) is 11.8 Å². The first-order chi connectivity index (χ1) is 14.4. The standard InChI is InChI=1S/C22H26N2O6/c1-2-29-19-3-5-20(6-4-19)30-14-21(27)24-9-7-16(8-10-24)23-22(28)15-11-17(25)13-18(26)12-15/h3-6,11-13,16,25-26H,2,7-10,14H2,1H3,(H,23,28). The number of rotatable bonds is 7. The second kappa shape index (κ2) is 9.87. The molecule has 0 saturated carbocycles. The molecular formula is C22H26N2O6. The Labute approximate surface area is 175 Å². The first kappa shape index (κ1) is 21.3. The van der Waals surface area contributed by atoms with Gasteiger partial charge in [0, 0.05) is 30.8 Å². The number of amides is 2. The van der Waals surface area contributed by atoms with Gasteiger partial charge >= 0.3 is 0 Å². The molecule has 2 aromatic rings. The van der Waals surface area contributed by atoms with E-state index in [4.69, 9.17) is 9.47 Å². The molecule has 1 fully saturated rings. The van der Waals surface area contributed by atoms with Crippen molar-refractivity contribution in [1.29, 1.82) is 0 Å². The molecule has 1 heterocycles. The summed E-state index contributed by atoms with van der Waals surface area (Å²) in [5, 5.41) is 21.9. The van der Waals surface area contributed by atoms with Crippen molar-refractivity contribution >= 4 is 11.8 Å². The summed E-state index contributed by atoms with van der Waals surface area (Å²) in [7, 11) is 0. The van der Waals surface area contributed by atoms with Crippen molar-refractivity contribution in [2.75, 3.05) is 26.3 Å². The van der Waals surface area contributed by atoms with Gasteiger partial charge in [-0.3, -0.25) is 9.59 Å². The average Bonchev–Trinajstić information content (AvgIpc) is 2.73. The minimum Gasteiger partial charge on any atom is -0.508 e. The van der Waals surface area contributed by atoms with Gasteiger partial charge in [0.25, 0.3) is 11.8 Å². The Morgan fingerprint density at radius 1 is 1.00 bits per heavy atom. The van der Waals surface area contributed by atoms with Crippen LogP contribution in [-0.4, -0.2) is 59.3 Å². The molecule has 0 unspecified atom stereocenters. The van der Waals surface area contributed by atoms with Crippen molar-refractivity contribution in [1.82, 2.24) is 10.2 Å². The Hall–Kier alpha value is -3.42. The monoisotopic (exact) mass is 414 g/mol. The highest BCUT2D eigenvalue weighted by Gasteiger charge is 2.24. The van der Waals surface area contributed by atoms with Gasteiger partial charge in [0.1, 0.15) is 23.0 Å². The first-order valence-electron chi connectivity index (χ1n) is 9.92. The summed E-state index contributed by atoms with van der Waals surface area (Å²) >= 11 is 0. The van der Waals surface area contributed by atoms with Crippen molar-refractivity contribution in [2.45, 2.75) is 25.8 Å². The zero-order valence-electron chi connectivity index (χ0n) is 16.8. The predicted octanol–water partition coefficient (Wildman–Crippen LogP) is 2.30. The summed E-state index contributed by atoms with van der Waals surface area (Å²) in [6.07, 6.45) is 1.23. The summed E-state index contributed by atoms with van der Waals surface area (Å²) in [6.45, 7) is 3.48. The van der Waals surface area contributed by atoms with Crippen molar-refractivity contribution in [2.24, 2.45) is 0 Å². The largest absolute Gasteiger partial charge is 0.508 e. The molecule has 1 saturated heterocycles. The second-order valence-corrected chi connectivity index (χ2v) is 7.06. The highest BCUT2D eigenvalue weighted by molar-refractivity contribution is 5.95. The predicted molar refractivity (Wildman–Crippen MR) is 110 cm³/mol. The van der Waals surface area contributed by atoms with Crippen LogP contribution in [0.4, 0.5) is 0 Å². The van der Waals surface area contributed by atoms with Gasteiger partial charge in [-0.25, -0.2) is 0 Å². The number of hydrogen-bond donors (Lipinski definition) is 3. The topological polar surface area (TPSA) is 108 Å². The molecular weight excluding hydrogens is 388 g/mol. The first-order valence-corrected chi connectivity index (χ1v) is 9.92. The number of piperidine rings is 1. The zero-order valence-corrected chi connectivity index (χ0v) is 16.8. The van der Waals surface area contributed by atoms with Crippen LogP contribution >= 0.6 is 0 Å². The maximum absolute atomic E-state index is 12.4. The molecule has 1 aliphatic rings. The van der Waals surface area contributed by atoms with Gasteiger partial charge in [0.05, 0.1) is 6.61 Å². The van der Waals surface area contributed by atoms with Gasteiger partial charge in [-0.05, 0) is 56.2 Å². The molecule has 3 N–H and O–H groups in total. The number of phenolic OH excluding ortho intramolecular Hbond substituents is 2. The van der Waals surface area contributed by atoms with Crippen LogP contribution in [0.5, 0.6) is 23.0 Å². The van der Waals surface area contributed by atoms with Crippen LogP contribution in [0.25, 0.3) is 0 Å². The smallest absolute Gasteiger partial charge is 0.260 e. The lowest BCUT2D eigenvalue weighted by molar-refractivity contribution is -0.134. The summed E-state index contributed by atoms with van der Waals surface area (Å²) in [5.74, 6) is 0.530. The van der Waals surface area contributed by atoms with E-state index in [1.165, 1.54) is 12.1 Å². The maximum atomic E-state index is 12.4. The molecule has 30 heavy (non-hydrogen) atoms. The van der Waals surface area contributed by atoms with Gasteiger partial charge in [0.15, 0.2) is 6.61 Å². The molecule has 8 heteroatoms. The normalized spacial score (nSPS) is 14.2. The number of benzene rings is 2. The second-order valence-electron chi connectivity index (χ2n) is 7.06. The number of carbonyl (C=O) groups excluding carboxylic acids is 2. The van der Waals surface area contributed by atoms with Crippen LogP contribution in [0, 0.1) is 0 Å². The number of carbonyl (C=O) groups is 2. The molecule has 0 aromatic heterocycles. The van der Waals surface area contributed by atoms with E-state index < -0.39 is 0 Å². The van der Waals surface area contributed by atoms with Gasteiger partial charge in [-0.1, -0.05) is 0 Å². The Balaban J connectivity index is 1.43. The molecule has 0 atom stereocenters. The average molecular weight is 414 g/mol. The van der Waals surface area contributed by atoms with Crippen molar-refractivity contribution in [3.63, 3.8) is 0 Å². The zero-order chi connectivity index (χ0) is 21.5. The number of phenols is 2. The lowest BCUT2D eigenvalue weighted by Gasteiger charge is -2.32. The van der Waals surface area contributed by atoms with Crippen LogP contribution < -0.4 is 14.8 Å². The molecule has 0 aliphatic carbocycles. The van der Waals surface area contributed by atoms with Gasteiger partial charge in [-0.2, -0.15) is 0 Å². The molecule has 0 bridgehead atoms. The number of aromatic hydroxyl groups is 2. The maximum Gasteiger partial charge on any atom is 0.260 e. The van der Waals surface area contributed by atoms with E-state index in [0.29, 0.717) is 38.3 Å². The van der Waals surface area contributed by atoms with E-state index in [1.54, 1.807) is 29.2 Å². The summed E-state index contributed by atoms with van der Waals surface area (Å²) in [4.78, 5) is 26.4. The Morgan fingerprint density at radius 3 is 2.13 bits per heavy atom. The minimum absolute atomic E-state index is 0.0480. The summed E-state index contributed by atoms with van der Waals surface area (Å²) in [6, 6.07) is 10.8. The third kappa shape index (κ3) is 5.79. The fraction of sp³-hybridized carbons (Fsp3) is 0.364. The fourth-order valence-corrected chi connectivity index (χ4v) is 3.30. The Kier molecular flexibility index (Phi) is 7.00. The number of likely N-dealkylation sites (tertiary alicyclic amines) is 1. The molecule has 160 valence electrons. The third-order valence-electron chi connectivity index (χ3n) is 4.84. The Morgan fingerprint density at radius 2 is 1.57 bits per heavy atom. The van der Waals surface area contributed by atoms with Crippen molar-refractivity contribution in [3.05, 3.63) is 48.0 Å². The van der Waals surface area contributed by atoms with E-state index in [-0.39, 0.29) is 41.5 Å². The third-order valence-corrected chi connectivity index (χ3v) is 4.84. The van der Waals surface area contributed by atoms with E-state index in [9.17, 15) is 19.8 Å². The molecule has 2 aromatic carbocycles. The lowest BCUT2D eigenvalue weighted by Crippen LogP contribution is -2.47. The quantitative estimate of drug-likeness (QED) is 0.642. The van der Waals surface area contributed by atoms with Crippen molar-refractivity contribution in [3.8, 4) is 23.0 Å². The van der Waals surface area contributed by atoms with E-state index >= 15 is 0 Å². The highest BCUT2D eigenvalue weighted by Crippen LogP contribution is 2.21. The Bertz CT molecular complexity index is 855. The van der Waals surface area contributed by atoms with Crippen LogP contribution in [0.3, 0.4) is 0 Å². The summed E-state index contributed by atoms with van der Waals surface area (Å²) in [5.41, 5.74) is 0.190. The van der Waals surface area contributed by atoms with Crippen LogP contribution in [0.1, 0.15) is 30.1 Å². The van der Waals surface area contributed by atoms with Crippen LogP contribution in [-0.2, 0) is 4.79 Å². The molecule has 3 rings (SSSR count). The molecule has 8 nitrogen and oxygen atoms in total. The number of hydrogen-bond acceptors (Lipinski definition) is 6. The van der Waals surface area contributed by atoms with E-state index in [2.05, 4.69) is 5.32 Å². The molecule has 0 spiro atoms. The molecule has 0 radical (unpaired) electrons. The number of ether oxygens (including phenoxy) is 2. The van der Waals surface area contributed by atoms with Crippen LogP contribution in [0.2, 0.25) is 0 Å². The highest BCUT2D eigenvalue weighted by atomic mass is 16.5. The molecule has 2 amide bonds. The minimum atomic E-state index is -0.371.